The first-order valence-electron chi connectivity index (χ1n) is 10.2. The Morgan fingerprint density at radius 2 is 2.09 bits per heavy atom. The fourth-order valence-electron chi connectivity index (χ4n) is 4.50. The van der Waals surface area contributed by atoms with Gasteiger partial charge in [0.15, 0.2) is 5.69 Å². The number of nitrogens with one attached hydrogen (secondary N) is 2. The topological polar surface area (TPSA) is 154 Å². The molecular formula is C20H27N7O5. The average Bonchev–Trinajstić information content (AvgIpc) is 3.28. The van der Waals surface area contributed by atoms with Crippen molar-refractivity contribution in [1.29, 1.82) is 0 Å². The fourth-order valence-corrected chi connectivity index (χ4v) is 4.50. The number of piperidine rings is 1. The second kappa shape index (κ2) is 10.2. The second-order valence-corrected chi connectivity index (χ2v) is 8.13. The van der Waals surface area contributed by atoms with Crippen molar-refractivity contribution in [2.24, 2.45) is 5.92 Å². The van der Waals surface area contributed by atoms with Crippen LogP contribution in [0.5, 0.6) is 0 Å². The molecule has 0 aromatic carbocycles. The highest BCUT2D eigenvalue weighted by atomic mass is 16.3. The quantitative estimate of drug-likeness (QED) is 0.503. The highest BCUT2D eigenvalue weighted by Crippen LogP contribution is 2.41. The van der Waals surface area contributed by atoms with E-state index in [2.05, 4.69) is 20.7 Å². The minimum atomic E-state index is -0.250. The number of carbonyl (C=O) groups excluding carboxylic acids is 2. The minimum absolute atomic E-state index is 0.0665. The number of aromatic nitrogens is 4. The molecule has 3 atom stereocenters. The zero-order valence-corrected chi connectivity index (χ0v) is 18.0. The summed E-state index contributed by atoms with van der Waals surface area (Å²) in [4.78, 5) is 49.6. The summed E-state index contributed by atoms with van der Waals surface area (Å²) in [6.45, 7) is 1.43. The lowest BCUT2D eigenvalue weighted by atomic mass is 9.78. The molecule has 2 aromatic rings. The summed E-state index contributed by atoms with van der Waals surface area (Å²) < 4.78 is 1.81. The van der Waals surface area contributed by atoms with Crippen LogP contribution in [0.1, 0.15) is 34.6 Å². The number of rotatable bonds is 5. The number of fused-ring (bicyclic) bond motifs is 4. The molecule has 0 saturated carbocycles. The first-order chi connectivity index (χ1) is 15.3. The van der Waals surface area contributed by atoms with Crippen molar-refractivity contribution in [2.45, 2.75) is 18.4 Å². The Labute approximate surface area is 184 Å². The maximum absolute atomic E-state index is 12.8. The summed E-state index contributed by atoms with van der Waals surface area (Å²) in [6, 6.07) is 5.06. The van der Waals surface area contributed by atoms with Gasteiger partial charge < -0.3 is 24.8 Å². The molecule has 2 bridgehead atoms. The van der Waals surface area contributed by atoms with E-state index in [1.807, 2.05) is 24.7 Å². The summed E-state index contributed by atoms with van der Waals surface area (Å²) >= 11 is 0. The molecule has 4 rings (SSSR count). The van der Waals surface area contributed by atoms with Crippen molar-refractivity contribution in [3.8, 4) is 0 Å². The van der Waals surface area contributed by atoms with E-state index in [0.717, 1.165) is 12.1 Å². The number of pyridine rings is 1. The maximum Gasteiger partial charge on any atom is 0.290 e. The van der Waals surface area contributed by atoms with Crippen LogP contribution in [0.15, 0.2) is 29.2 Å². The lowest BCUT2D eigenvalue weighted by molar-refractivity contribution is -0.123. The molecule has 3 N–H and O–H groups in total. The van der Waals surface area contributed by atoms with Crippen LogP contribution in [0.25, 0.3) is 0 Å². The zero-order chi connectivity index (χ0) is 23.3. The fraction of sp³-hybridized carbons (Fsp3) is 0.500. The summed E-state index contributed by atoms with van der Waals surface area (Å²) in [7, 11) is 3.66. The number of likely N-dealkylation sites (tertiary alicyclic amines) is 1. The van der Waals surface area contributed by atoms with E-state index in [1.54, 1.807) is 21.9 Å². The Hall–Kier alpha value is -3.54. The van der Waals surface area contributed by atoms with Crippen LogP contribution >= 0.6 is 0 Å². The molecule has 0 unspecified atom stereocenters. The van der Waals surface area contributed by atoms with E-state index in [9.17, 15) is 14.4 Å². The van der Waals surface area contributed by atoms with E-state index in [0.29, 0.717) is 19.6 Å². The van der Waals surface area contributed by atoms with E-state index in [1.165, 1.54) is 6.20 Å². The molecule has 1 saturated heterocycles. The summed E-state index contributed by atoms with van der Waals surface area (Å²) in [5.74, 6) is -0.117. The Morgan fingerprint density at radius 3 is 2.75 bits per heavy atom. The molecule has 0 radical (unpaired) electrons. The van der Waals surface area contributed by atoms with Gasteiger partial charge in [0.25, 0.3) is 17.9 Å². The van der Waals surface area contributed by atoms with Crippen LogP contribution in [-0.2, 0) is 9.59 Å². The third-order valence-corrected chi connectivity index (χ3v) is 5.69. The molecule has 172 valence electrons. The summed E-state index contributed by atoms with van der Waals surface area (Å²) in [5.41, 5.74) is 1.13. The standard InChI is InChI=1S/C19H25N7O3.CH2O2/c1-24(2)11-17(27)20-8-16-13-6-12(15-4-3-5-18(28)26(15)16)9-25(10-13)19(29)14-7-21-23-22-14;2-1-3/h3-5,7,12-13,16H,6,8-11H2,1-2H3,(H,20,27)(H,21,22,23);1H,(H,2,3)/t12-,13+,16+;/m1./s1. The number of carbonyl (C=O) groups is 3. The smallest absolute Gasteiger partial charge is 0.290 e. The van der Waals surface area contributed by atoms with E-state index < -0.39 is 0 Å². The Morgan fingerprint density at radius 1 is 1.34 bits per heavy atom. The molecule has 2 amide bonds. The van der Waals surface area contributed by atoms with Crippen molar-refractivity contribution in [1.82, 2.24) is 35.1 Å². The van der Waals surface area contributed by atoms with Crippen molar-refractivity contribution < 1.29 is 19.5 Å². The third kappa shape index (κ3) is 5.02. The second-order valence-electron chi connectivity index (χ2n) is 8.13. The summed E-state index contributed by atoms with van der Waals surface area (Å²) in [6.07, 6.45) is 2.30. The van der Waals surface area contributed by atoms with E-state index in [-0.39, 0.29) is 54.0 Å². The number of carboxylic acid groups (broad SMARTS) is 1. The van der Waals surface area contributed by atoms with Crippen molar-refractivity contribution in [3.05, 3.63) is 46.1 Å². The van der Waals surface area contributed by atoms with Gasteiger partial charge in [0.1, 0.15) is 0 Å². The predicted octanol–water partition coefficient (Wildman–Crippen LogP) is -0.854. The molecule has 1 fully saturated rings. The molecule has 12 nitrogen and oxygen atoms in total. The monoisotopic (exact) mass is 445 g/mol. The van der Waals surface area contributed by atoms with Gasteiger partial charge in [-0.1, -0.05) is 6.07 Å². The molecule has 4 heterocycles. The van der Waals surface area contributed by atoms with Gasteiger partial charge in [0, 0.05) is 37.3 Å². The number of hydrogen-bond acceptors (Lipinski definition) is 7. The van der Waals surface area contributed by atoms with Crippen LogP contribution in [0.4, 0.5) is 0 Å². The highest BCUT2D eigenvalue weighted by Gasteiger charge is 2.42. The number of nitrogens with zero attached hydrogens (tertiary/aromatic N) is 5. The van der Waals surface area contributed by atoms with Gasteiger partial charge in [-0.25, -0.2) is 0 Å². The molecule has 0 aliphatic carbocycles. The van der Waals surface area contributed by atoms with Gasteiger partial charge in [-0.15, -0.1) is 0 Å². The average molecular weight is 445 g/mol. The van der Waals surface area contributed by atoms with Crippen molar-refractivity contribution in [3.63, 3.8) is 0 Å². The van der Waals surface area contributed by atoms with Crippen molar-refractivity contribution in [2.75, 3.05) is 40.3 Å². The van der Waals surface area contributed by atoms with Gasteiger partial charge in [-0.3, -0.25) is 19.2 Å². The molecule has 2 aliphatic rings. The van der Waals surface area contributed by atoms with Gasteiger partial charge in [0.2, 0.25) is 5.91 Å². The highest BCUT2D eigenvalue weighted by molar-refractivity contribution is 5.92. The first kappa shape index (κ1) is 23.1. The van der Waals surface area contributed by atoms with Crippen LogP contribution in [0, 0.1) is 5.92 Å². The lowest BCUT2D eigenvalue weighted by Gasteiger charge is -2.46. The van der Waals surface area contributed by atoms with Crippen molar-refractivity contribution >= 4 is 18.3 Å². The first-order valence-corrected chi connectivity index (χ1v) is 10.2. The van der Waals surface area contributed by atoms with Crippen LogP contribution in [0.2, 0.25) is 0 Å². The molecule has 12 heteroatoms. The Kier molecular flexibility index (Phi) is 7.36. The minimum Gasteiger partial charge on any atom is -0.483 e. The number of hydrogen-bond donors (Lipinski definition) is 3. The van der Waals surface area contributed by atoms with Gasteiger partial charge >= 0.3 is 0 Å². The molecule has 2 aromatic heterocycles. The van der Waals surface area contributed by atoms with E-state index >= 15 is 0 Å². The number of H-pyrrole nitrogens is 1. The Balaban J connectivity index is 0.000000913. The lowest BCUT2D eigenvalue weighted by Crippen LogP contribution is -2.53. The number of likely N-dealkylation sites (N-methyl/N-ethyl adjacent to an activating group) is 1. The normalized spacial score (nSPS) is 21.2. The number of aromatic amines is 1. The number of amides is 2. The predicted molar refractivity (Wildman–Crippen MR) is 113 cm³/mol. The zero-order valence-electron chi connectivity index (χ0n) is 18.0. The summed E-state index contributed by atoms with van der Waals surface area (Å²) in [5, 5.41) is 20.0. The van der Waals surface area contributed by atoms with Gasteiger partial charge in [-0.05, 0) is 32.5 Å². The van der Waals surface area contributed by atoms with Crippen LogP contribution in [-0.4, -0.2) is 93.4 Å². The van der Waals surface area contributed by atoms with E-state index in [4.69, 9.17) is 9.90 Å². The Bertz CT molecular complexity index is 1000. The van der Waals surface area contributed by atoms with Gasteiger partial charge in [0.05, 0.1) is 18.8 Å². The largest absolute Gasteiger partial charge is 0.483 e. The van der Waals surface area contributed by atoms with Crippen LogP contribution < -0.4 is 10.9 Å². The third-order valence-electron chi connectivity index (χ3n) is 5.69. The molecule has 0 spiro atoms. The SMILES string of the molecule is CN(C)CC(=O)NC[C@H]1[C@H]2C[C@H](CN(C(=O)c3cn[nH]n3)C2)c2cccc(=O)n21.O=CO. The van der Waals surface area contributed by atoms with Crippen LogP contribution in [0.3, 0.4) is 0 Å². The maximum atomic E-state index is 12.8. The molecular weight excluding hydrogens is 418 g/mol. The van der Waals surface area contributed by atoms with Gasteiger partial charge in [-0.2, -0.15) is 15.4 Å². The molecule has 2 aliphatic heterocycles. The molecule has 32 heavy (non-hydrogen) atoms.